The van der Waals surface area contributed by atoms with E-state index in [1.54, 1.807) is 18.7 Å². The fraction of sp³-hybridized carbons (Fsp3) is 0.400. The average molecular weight is 243 g/mol. The van der Waals surface area contributed by atoms with Crippen LogP contribution in [0.5, 0.6) is 0 Å². The summed E-state index contributed by atoms with van der Waals surface area (Å²) in [6, 6.07) is 0. The van der Waals surface area contributed by atoms with Gasteiger partial charge in [0.2, 0.25) is 0 Å². The Balaban J connectivity index is 2.52. The lowest BCUT2D eigenvalue weighted by Crippen LogP contribution is -1.94. The van der Waals surface area contributed by atoms with Gasteiger partial charge in [-0.1, -0.05) is 17.8 Å². The van der Waals surface area contributed by atoms with Crippen LogP contribution in [-0.2, 0) is 0 Å². The van der Waals surface area contributed by atoms with Crippen molar-refractivity contribution in [3.8, 4) is 0 Å². The summed E-state index contributed by atoms with van der Waals surface area (Å²) in [5.74, 6) is 0.0702. The quantitative estimate of drug-likeness (QED) is 0.473. The smallest absolute Gasteiger partial charge is 0.347 e. The second-order valence-electron chi connectivity index (χ2n) is 2.98. The van der Waals surface area contributed by atoms with Crippen molar-refractivity contribution in [3.05, 3.63) is 23.2 Å². The first-order valence-electron chi connectivity index (χ1n) is 4.59. The fourth-order valence-electron chi connectivity index (χ4n) is 1.02. The highest BCUT2D eigenvalue weighted by Gasteiger charge is 2.13. The standard InChI is InChI=1S/C10H13NO2S2/c1-3-4-5-6-14-10-11-7(2)8(15-10)9(12)13/h3H,1,4-6H2,2H3,(H,12,13). The number of aryl methyl sites for hydroxylation is 1. The predicted molar refractivity (Wildman–Crippen MR) is 64.0 cm³/mol. The first kappa shape index (κ1) is 12.3. The summed E-state index contributed by atoms with van der Waals surface area (Å²) in [5, 5.41) is 8.84. The molecule has 1 N–H and O–H groups in total. The number of hydrogen-bond donors (Lipinski definition) is 1. The Kier molecular flexibility index (Phi) is 4.84. The maximum Gasteiger partial charge on any atom is 0.347 e. The van der Waals surface area contributed by atoms with Crippen LogP contribution in [0.3, 0.4) is 0 Å². The Morgan fingerprint density at radius 3 is 3.00 bits per heavy atom. The average Bonchev–Trinajstić information content (AvgIpc) is 2.55. The Labute approximate surface area is 97.2 Å². The van der Waals surface area contributed by atoms with Crippen molar-refractivity contribution >= 4 is 29.1 Å². The van der Waals surface area contributed by atoms with Gasteiger partial charge in [0.15, 0.2) is 4.34 Å². The SMILES string of the molecule is C=CCCCSc1nc(C)c(C(=O)O)s1. The lowest BCUT2D eigenvalue weighted by atomic mass is 10.3. The summed E-state index contributed by atoms with van der Waals surface area (Å²) in [5.41, 5.74) is 0.610. The van der Waals surface area contributed by atoms with Gasteiger partial charge in [0, 0.05) is 5.75 Å². The third kappa shape index (κ3) is 3.68. The molecule has 0 saturated carbocycles. The molecule has 1 rings (SSSR count). The molecule has 3 nitrogen and oxygen atoms in total. The third-order valence-electron chi connectivity index (χ3n) is 1.75. The van der Waals surface area contributed by atoms with Gasteiger partial charge >= 0.3 is 5.97 Å². The molecule has 0 unspecified atom stereocenters. The molecule has 1 heterocycles. The van der Waals surface area contributed by atoms with E-state index in [0.717, 1.165) is 22.9 Å². The Morgan fingerprint density at radius 1 is 1.73 bits per heavy atom. The molecule has 0 amide bonds. The zero-order valence-electron chi connectivity index (χ0n) is 8.52. The molecule has 0 aliphatic heterocycles. The Morgan fingerprint density at radius 2 is 2.47 bits per heavy atom. The number of carboxylic acids is 1. The monoisotopic (exact) mass is 243 g/mol. The number of aromatic nitrogens is 1. The number of thiazole rings is 1. The molecule has 15 heavy (non-hydrogen) atoms. The van der Waals surface area contributed by atoms with Crippen LogP contribution in [0.2, 0.25) is 0 Å². The van der Waals surface area contributed by atoms with Gasteiger partial charge < -0.3 is 5.11 Å². The molecule has 0 aromatic carbocycles. The molecule has 0 radical (unpaired) electrons. The van der Waals surface area contributed by atoms with Gasteiger partial charge in [-0.15, -0.1) is 17.9 Å². The van der Waals surface area contributed by atoms with E-state index in [9.17, 15) is 4.79 Å². The highest BCUT2D eigenvalue weighted by atomic mass is 32.2. The summed E-state index contributed by atoms with van der Waals surface area (Å²) in [7, 11) is 0. The number of carboxylic acid groups (broad SMARTS) is 1. The Bertz CT molecular complexity index is 360. The number of carbonyl (C=O) groups is 1. The molecule has 0 aliphatic rings. The van der Waals surface area contributed by atoms with E-state index in [4.69, 9.17) is 5.11 Å². The van der Waals surface area contributed by atoms with Crippen molar-refractivity contribution < 1.29 is 9.90 Å². The van der Waals surface area contributed by atoms with Gasteiger partial charge in [-0.05, 0) is 19.8 Å². The third-order valence-corrected chi connectivity index (χ3v) is 4.12. The second-order valence-corrected chi connectivity index (χ2v) is 5.32. The molecule has 1 aromatic rings. The summed E-state index contributed by atoms with van der Waals surface area (Å²) < 4.78 is 0.842. The molecule has 0 aliphatic carbocycles. The molecule has 0 fully saturated rings. The van der Waals surface area contributed by atoms with Crippen LogP contribution >= 0.6 is 23.1 Å². The summed E-state index contributed by atoms with van der Waals surface area (Å²) in [4.78, 5) is 15.3. The molecule has 5 heteroatoms. The number of hydrogen-bond acceptors (Lipinski definition) is 4. The minimum Gasteiger partial charge on any atom is -0.477 e. The number of allylic oxidation sites excluding steroid dienone is 1. The number of thioether (sulfide) groups is 1. The van der Waals surface area contributed by atoms with Gasteiger partial charge in [-0.2, -0.15) is 0 Å². The minimum atomic E-state index is -0.886. The first-order valence-corrected chi connectivity index (χ1v) is 6.39. The number of aromatic carboxylic acids is 1. The highest BCUT2D eigenvalue weighted by molar-refractivity contribution is 8.01. The van der Waals surface area contributed by atoms with E-state index in [-0.39, 0.29) is 0 Å². The van der Waals surface area contributed by atoms with Gasteiger partial charge in [-0.25, -0.2) is 9.78 Å². The summed E-state index contributed by atoms with van der Waals surface area (Å²) in [6.07, 6.45) is 3.93. The number of unbranched alkanes of at least 4 members (excludes halogenated alkanes) is 1. The van der Waals surface area contributed by atoms with Gasteiger partial charge in [0.1, 0.15) is 4.88 Å². The van der Waals surface area contributed by atoms with Gasteiger partial charge in [0.25, 0.3) is 0 Å². The molecule has 1 aromatic heterocycles. The van der Waals surface area contributed by atoms with Crippen LogP contribution in [0.1, 0.15) is 28.2 Å². The van der Waals surface area contributed by atoms with Crippen LogP contribution in [0.25, 0.3) is 0 Å². The molecular formula is C10H13NO2S2. The zero-order chi connectivity index (χ0) is 11.3. The van der Waals surface area contributed by atoms with Crippen molar-refractivity contribution in [2.45, 2.75) is 24.1 Å². The van der Waals surface area contributed by atoms with Crippen LogP contribution in [0.4, 0.5) is 0 Å². The fourth-order valence-corrected chi connectivity index (χ4v) is 3.08. The lowest BCUT2D eigenvalue weighted by Gasteiger charge is -1.93. The zero-order valence-corrected chi connectivity index (χ0v) is 10.2. The van der Waals surface area contributed by atoms with E-state index >= 15 is 0 Å². The van der Waals surface area contributed by atoms with Crippen LogP contribution in [0, 0.1) is 6.92 Å². The van der Waals surface area contributed by atoms with E-state index in [1.807, 2.05) is 6.08 Å². The highest BCUT2D eigenvalue weighted by Crippen LogP contribution is 2.27. The van der Waals surface area contributed by atoms with Crippen LogP contribution < -0.4 is 0 Å². The van der Waals surface area contributed by atoms with Crippen molar-refractivity contribution in [2.24, 2.45) is 0 Å². The van der Waals surface area contributed by atoms with Crippen molar-refractivity contribution in [3.63, 3.8) is 0 Å². The second kappa shape index (κ2) is 5.92. The van der Waals surface area contributed by atoms with Gasteiger partial charge in [-0.3, -0.25) is 0 Å². The van der Waals surface area contributed by atoms with Crippen molar-refractivity contribution in [1.82, 2.24) is 4.98 Å². The molecule has 0 atom stereocenters. The van der Waals surface area contributed by atoms with E-state index in [0.29, 0.717) is 10.6 Å². The van der Waals surface area contributed by atoms with E-state index in [1.165, 1.54) is 11.3 Å². The molecule has 82 valence electrons. The molecule has 0 saturated heterocycles. The predicted octanol–water partition coefficient (Wildman–Crippen LogP) is 3.21. The van der Waals surface area contributed by atoms with Crippen molar-refractivity contribution in [2.75, 3.05) is 5.75 Å². The molecular weight excluding hydrogens is 230 g/mol. The first-order chi connectivity index (χ1) is 7.15. The van der Waals surface area contributed by atoms with E-state index in [2.05, 4.69) is 11.6 Å². The summed E-state index contributed by atoms with van der Waals surface area (Å²) >= 11 is 2.86. The van der Waals surface area contributed by atoms with E-state index < -0.39 is 5.97 Å². The molecule has 0 bridgehead atoms. The minimum absolute atomic E-state index is 0.348. The Hall–Kier alpha value is -0.810. The topological polar surface area (TPSA) is 50.2 Å². The lowest BCUT2D eigenvalue weighted by molar-refractivity contribution is 0.0701. The normalized spacial score (nSPS) is 10.2. The molecule has 0 spiro atoms. The maximum absolute atomic E-state index is 10.8. The van der Waals surface area contributed by atoms with Gasteiger partial charge in [0.05, 0.1) is 5.69 Å². The number of nitrogens with zero attached hydrogens (tertiary/aromatic N) is 1. The van der Waals surface area contributed by atoms with Crippen molar-refractivity contribution in [1.29, 1.82) is 0 Å². The summed E-state index contributed by atoms with van der Waals surface area (Å²) in [6.45, 7) is 5.38. The van der Waals surface area contributed by atoms with Crippen LogP contribution in [-0.4, -0.2) is 21.8 Å². The maximum atomic E-state index is 10.8. The number of rotatable bonds is 6. The van der Waals surface area contributed by atoms with Crippen LogP contribution in [0.15, 0.2) is 17.0 Å². The largest absolute Gasteiger partial charge is 0.477 e.